The van der Waals surface area contributed by atoms with Gasteiger partial charge in [0.25, 0.3) is 0 Å². The predicted octanol–water partition coefficient (Wildman–Crippen LogP) is 2.03. The number of carboxylic acids is 1. The maximum absolute atomic E-state index is 11.5. The van der Waals surface area contributed by atoms with Crippen molar-refractivity contribution < 1.29 is 14.1 Å². The van der Waals surface area contributed by atoms with Gasteiger partial charge in [0.05, 0.1) is 19.9 Å². The molecule has 0 saturated heterocycles. The summed E-state index contributed by atoms with van der Waals surface area (Å²) in [5, 5.41) is 8.98. The highest BCUT2D eigenvalue weighted by atomic mass is 32.2. The van der Waals surface area contributed by atoms with Gasteiger partial charge in [-0.1, -0.05) is 0 Å². The van der Waals surface area contributed by atoms with Gasteiger partial charge in [0, 0.05) is 6.26 Å². The van der Waals surface area contributed by atoms with Crippen LogP contribution in [0.1, 0.15) is 9.67 Å². The van der Waals surface area contributed by atoms with Crippen LogP contribution in [0, 0.1) is 4.78 Å². The highest BCUT2D eigenvalue weighted by molar-refractivity contribution is 7.91. The Morgan fingerprint density at radius 1 is 1.56 bits per heavy atom. The predicted molar refractivity (Wildman–Crippen MR) is 61.6 cm³/mol. The third kappa shape index (κ3) is 1.91. The summed E-state index contributed by atoms with van der Waals surface area (Å²) in [5.74, 6) is -1.01. The summed E-state index contributed by atoms with van der Waals surface area (Å²) >= 11 is 1.11. The van der Waals surface area contributed by atoms with Crippen molar-refractivity contribution in [1.29, 1.82) is 4.78 Å². The molecule has 0 fully saturated rings. The van der Waals surface area contributed by atoms with Gasteiger partial charge in [-0.2, -0.15) is 0 Å². The summed E-state index contributed by atoms with van der Waals surface area (Å²) in [6.07, 6.45) is 1.28. The van der Waals surface area contributed by atoms with Crippen molar-refractivity contribution >= 4 is 37.3 Å². The molecule has 2 N–H and O–H groups in total. The molecule has 0 bridgehead atoms. The molecule has 7 heteroatoms. The highest BCUT2D eigenvalue weighted by Crippen LogP contribution is 2.25. The topological polar surface area (TPSA) is 91.1 Å². The normalized spacial score (nSPS) is 14.8. The van der Waals surface area contributed by atoms with Crippen LogP contribution >= 0.6 is 11.3 Å². The molecule has 16 heavy (non-hydrogen) atoms. The first-order valence-corrected chi connectivity index (χ1v) is 7.04. The number of nitrogens with one attached hydrogen (secondary N) is 1. The number of hydrogen-bond donors (Lipinski definition) is 2. The SMILES string of the molecule is CS(=N)(=O)c1ccc2sc(C(=O)O)cc2n1. The summed E-state index contributed by atoms with van der Waals surface area (Å²) in [6.45, 7) is 0. The number of pyridine rings is 1. The second-order valence-corrected chi connectivity index (χ2v) is 6.48. The summed E-state index contributed by atoms with van der Waals surface area (Å²) < 4.78 is 19.6. The second kappa shape index (κ2) is 3.53. The lowest BCUT2D eigenvalue weighted by atomic mass is 10.4. The average Bonchev–Trinajstić information content (AvgIpc) is 2.58. The van der Waals surface area contributed by atoms with E-state index in [1.807, 2.05) is 0 Å². The average molecular weight is 256 g/mol. The van der Waals surface area contributed by atoms with Crippen LogP contribution in [-0.4, -0.2) is 26.5 Å². The van der Waals surface area contributed by atoms with Crippen molar-refractivity contribution in [3.63, 3.8) is 0 Å². The Kier molecular flexibility index (Phi) is 2.43. The number of hydrogen-bond acceptors (Lipinski definition) is 5. The van der Waals surface area contributed by atoms with E-state index >= 15 is 0 Å². The third-order valence-electron chi connectivity index (χ3n) is 1.96. The Labute approximate surface area is 95.7 Å². The lowest BCUT2D eigenvalue weighted by molar-refractivity contribution is 0.0702. The minimum atomic E-state index is -2.86. The van der Waals surface area contributed by atoms with Gasteiger partial charge < -0.3 is 5.11 Å². The maximum Gasteiger partial charge on any atom is 0.345 e. The number of carbonyl (C=O) groups is 1. The fourth-order valence-corrected chi connectivity index (χ4v) is 2.67. The van der Waals surface area contributed by atoms with Crippen molar-refractivity contribution in [2.45, 2.75) is 5.03 Å². The van der Waals surface area contributed by atoms with Gasteiger partial charge in [-0.25, -0.2) is 18.8 Å². The van der Waals surface area contributed by atoms with Crippen molar-refractivity contribution in [2.24, 2.45) is 0 Å². The van der Waals surface area contributed by atoms with Gasteiger partial charge >= 0.3 is 5.97 Å². The number of rotatable bonds is 2. The Morgan fingerprint density at radius 2 is 2.25 bits per heavy atom. The van der Waals surface area contributed by atoms with Gasteiger partial charge in [0.15, 0.2) is 0 Å². The summed E-state index contributed by atoms with van der Waals surface area (Å²) in [6, 6.07) is 4.57. The van der Waals surface area contributed by atoms with E-state index in [4.69, 9.17) is 9.89 Å². The van der Waals surface area contributed by atoms with Gasteiger partial charge in [-0.05, 0) is 18.2 Å². The zero-order chi connectivity index (χ0) is 11.9. The van der Waals surface area contributed by atoms with Crippen LogP contribution in [0.25, 0.3) is 10.2 Å². The highest BCUT2D eigenvalue weighted by Gasteiger charge is 2.11. The van der Waals surface area contributed by atoms with E-state index in [2.05, 4.69) is 4.98 Å². The first kappa shape index (κ1) is 11.0. The summed E-state index contributed by atoms with van der Waals surface area (Å²) in [4.78, 5) is 15.0. The van der Waals surface area contributed by atoms with Crippen molar-refractivity contribution in [2.75, 3.05) is 6.26 Å². The first-order valence-electron chi connectivity index (χ1n) is 4.25. The molecule has 0 amide bonds. The van der Waals surface area contributed by atoms with Gasteiger partial charge in [-0.15, -0.1) is 11.3 Å². The number of fused-ring (bicyclic) bond motifs is 1. The van der Waals surface area contributed by atoms with E-state index in [9.17, 15) is 9.00 Å². The summed E-state index contributed by atoms with van der Waals surface area (Å²) in [7, 11) is -2.86. The Morgan fingerprint density at radius 3 is 2.81 bits per heavy atom. The molecule has 2 rings (SSSR count). The number of nitrogens with zero attached hydrogens (tertiary/aromatic N) is 1. The number of thiophene rings is 1. The molecule has 1 unspecified atom stereocenters. The Bertz CT molecular complexity index is 673. The van der Waals surface area contributed by atoms with Gasteiger partial charge in [0.1, 0.15) is 9.90 Å². The lowest BCUT2D eigenvalue weighted by Crippen LogP contribution is -1.97. The zero-order valence-electron chi connectivity index (χ0n) is 8.26. The molecule has 2 aromatic heterocycles. The minimum absolute atomic E-state index is 0.176. The number of aromatic nitrogens is 1. The van der Waals surface area contributed by atoms with Crippen LogP contribution in [0.3, 0.4) is 0 Å². The summed E-state index contributed by atoms with van der Waals surface area (Å²) in [5.41, 5.74) is 0.474. The Hall–Kier alpha value is -1.47. The van der Waals surface area contributed by atoms with E-state index in [1.54, 1.807) is 6.07 Å². The molecular weight excluding hydrogens is 248 g/mol. The first-order chi connectivity index (χ1) is 7.38. The van der Waals surface area contributed by atoms with E-state index in [1.165, 1.54) is 18.4 Å². The molecule has 0 aliphatic rings. The fraction of sp³-hybridized carbons (Fsp3) is 0.111. The van der Waals surface area contributed by atoms with Crippen LogP contribution in [0.2, 0.25) is 0 Å². The van der Waals surface area contributed by atoms with Gasteiger partial charge in [-0.3, -0.25) is 0 Å². The van der Waals surface area contributed by atoms with Crippen molar-refractivity contribution in [3.05, 3.63) is 23.1 Å². The second-order valence-electron chi connectivity index (χ2n) is 3.29. The van der Waals surface area contributed by atoms with E-state index < -0.39 is 15.7 Å². The van der Waals surface area contributed by atoms with E-state index in [0.29, 0.717) is 10.2 Å². The molecule has 0 aliphatic carbocycles. The largest absolute Gasteiger partial charge is 0.477 e. The van der Waals surface area contributed by atoms with Crippen LogP contribution < -0.4 is 0 Å². The monoisotopic (exact) mass is 256 g/mol. The van der Waals surface area contributed by atoms with Crippen LogP contribution in [0.5, 0.6) is 0 Å². The molecule has 0 radical (unpaired) electrons. The maximum atomic E-state index is 11.5. The smallest absolute Gasteiger partial charge is 0.345 e. The standard InChI is InChI=1S/C9H8N2O3S2/c1-16(10,14)8-3-2-6-5(11-8)4-7(15-6)9(12)13/h2-4,10H,1H3,(H,12,13). The van der Waals surface area contributed by atoms with Crippen LogP contribution in [0.4, 0.5) is 0 Å². The molecule has 0 aliphatic heterocycles. The molecule has 0 spiro atoms. The molecule has 5 nitrogen and oxygen atoms in total. The van der Waals surface area contributed by atoms with E-state index in [0.717, 1.165) is 11.3 Å². The molecule has 84 valence electrons. The van der Waals surface area contributed by atoms with Crippen LogP contribution in [0.15, 0.2) is 23.2 Å². The molecular formula is C9H8N2O3S2. The van der Waals surface area contributed by atoms with Crippen LogP contribution in [-0.2, 0) is 9.73 Å². The molecule has 2 aromatic rings. The lowest BCUT2D eigenvalue weighted by Gasteiger charge is -1.98. The quantitative estimate of drug-likeness (QED) is 0.860. The minimum Gasteiger partial charge on any atom is -0.477 e. The molecule has 2 heterocycles. The fourth-order valence-electron chi connectivity index (χ4n) is 1.23. The molecule has 0 saturated carbocycles. The molecule has 1 atom stereocenters. The molecule has 0 aromatic carbocycles. The zero-order valence-corrected chi connectivity index (χ0v) is 9.89. The van der Waals surface area contributed by atoms with Crippen molar-refractivity contribution in [1.82, 2.24) is 4.98 Å². The Balaban J connectivity index is 2.67. The van der Waals surface area contributed by atoms with Gasteiger partial charge in [0.2, 0.25) is 0 Å². The van der Waals surface area contributed by atoms with E-state index in [-0.39, 0.29) is 9.90 Å². The number of aromatic carboxylic acids is 1. The van der Waals surface area contributed by atoms with Crippen molar-refractivity contribution in [3.8, 4) is 0 Å². The third-order valence-corrected chi connectivity index (χ3v) is 4.06. The number of carboxylic acid groups (broad SMARTS) is 1.